The van der Waals surface area contributed by atoms with E-state index in [2.05, 4.69) is 24.3 Å². The van der Waals surface area contributed by atoms with E-state index in [1.165, 1.54) is 17.7 Å². The lowest BCUT2D eigenvalue weighted by molar-refractivity contribution is 0.112. The maximum Gasteiger partial charge on any atom is 0.278 e. The number of hydrogen-bond acceptors (Lipinski definition) is 3. The quantitative estimate of drug-likeness (QED) is 0.367. The number of rotatable bonds is 9. The third kappa shape index (κ3) is 4.82. The summed E-state index contributed by atoms with van der Waals surface area (Å²) in [6, 6.07) is 17.6. The van der Waals surface area contributed by atoms with Crippen molar-refractivity contribution in [3.05, 3.63) is 77.8 Å². The first-order chi connectivity index (χ1) is 12.8. The van der Waals surface area contributed by atoms with Gasteiger partial charge in [0.2, 0.25) is 0 Å². The van der Waals surface area contributed by atoms with Gasteiger partial charge in [0.05, 0.1) is 12.2 Å². The van der Waals surface area contributed by atoms with Crippen molar-refractivity contribution in [2.45, 2.75) is 25.7 Å². The van der Waals surface area contributed by atoms with Gasteiger partial charge in [0.1, 0.15) is 17.8 Å². The monoisotopic (exact) mass is 352 g/mol. The van der Waals surface area contributed by atoms with Gasteiger partial charge in [-0.15, -0.1) is 0 Å². The first kappa shape index (κ1) is 17.9. The van der Waals surface area contributed by atoms with Gasteiger partial charge in [-0.1, -0.05) is 30.3 Å². The third-order valence-electron chi connectivity index (χ3n) is 4.19. The summed E-state index contributed by atoms with van der Waals surface area (Å²) < 4.78 is 24.1. The number of aryl methyl sites for hydroxylation is 1. The molecule has 4 heteroatoms. The van der Waals surface area contributed by atoms with Crippen molar-refractivity contribution in [3.8, 4) is 17.1 Å². The van der Waals surface area contributed by atoms with Crippen LogP contribution in [0, 0.1) is 6.01 Å². The highest BCUT2D eigenvalue weighted by Gasteiger charge is 2.12. The molecule has 0 radical (unpaired) electrons. The maximum absolute atomic E-state index is 13.2. The minimum absolute atomic E-state index is 0.352. The molecule has 0 aliphatic heterocycles. The molecular formula is C22H21FO3. The SMILES string of the molecule is O=Cc1ccc(OCCCCCc2ccccc2)c(-c2ccc(F)o2)c1. The molecule has 0 aliphatic carbocycles. The molecule has 0 aliphatic rings. The van der Waals surface area contributed by atoms with Crippen molar-refractivity contribution in [2.24, 2.45) is 0 Å². The Kier molecular flexibility index (Phi) is 6.20. The smallest absolute Gasteiger partial charge is 0.278 e. The molecule has 26 heavy (non-hydrogen) atoms. The number of unbranched alkanes of at least 4 members (excludes halogenated alkanes) is 2. The summed E-state index contributed by atoms with van der Waals surface area (Å²) in [5, 5.41) is 0. The number of aldehydes is 1. The van der Waals surface area contributed by atoms with Gasteiger partial charge < -0.3 is 9.15 Å². The van der Waals surface area contributed by atoms with Crippen molar-refractivity contribution in [1.29, 1.82) is 0 Å². The lowest BCUT2D eigenvalue weighted by atomic mass is 10.1. The van der Waals surface area contributed by atoms with Crippen LogP contribution in [0.25, 0.3) is 11.3 Å². The number of carbonyl (C=O) groups is 1. The molecular weight excluding hydrogens is 331 g/mol. The fourth-order valence-corrected chi connectivity index (χ4v) is 2.83. The molecule has 0 amide bonds. The van der Waals surface area contributed by atoms with Crippen molar-refractivity contribution in [1.82, 2.24) is 0 Å². The Morgan fingerprint density at radius 1 is 0.962 bits per heavy atom. The molecule has 0 unspecified atom stereocenters. The molecule has 0 fully saturated rings. The second-order valence-electron chi connectivity index (χ2n) is 6.12. The molecule has 0 bridgehead atoms. The van der Waals surface area contributed by atoms with Crippen molar-refractivity contribution >= 4 is 6.29 Å². The molecule has 3 rings (SSSR count). The predicted octanol–water partition coefficient (Wildman–Crippen LogP) is 5.69. The fraction of sp³-hybridized carbons (Fsp3) is 0.227. The van der Waals surface area contributed by atoms with E-state index in [0.29, 0.717) is 29.2 Å². The molecule has 3 nitrogen and oxygen atoms in total. The highest BCUT2D eigenvalue weighted by Crippen LogP contribution is 2.32. The highest BCUT2D eigenvalue weighted by atomic mass is 19.1. The molecule has 0 saturated carbocycles. The van der Waals surface area contributed by atoms with Gasteiger partial charge in [0.15, 0.2) is 0 Å². The number of ether oxygens (including phenoxy) is 1. The van der Waals surface area contributed by atoms with E-state index >= 15 is 0 Å². The molecule has 2 aromatic carbocycles. The zero-order valence-corrected chi connectivity index (χ0v) is 14.5. The first-order valence-electron chi connectivity index (χ1n) is 8.78. The average molecular weight is 352 g/mol. The van der Waals surface area contributed by atoms with Gasteiger partial charge >= 0.3 is 0 Å². The topological polar surface area (TPSA) is 39.4 Å². The van der Waals surface area contributed by atoms with Crippen LogP contribution in [0.1, 0.15) is 35.2 Å². The summed E-state index contributed by atoms with van der Waals surface area (Å²) in [5.41, 5.74) is 2.43. The number of halogens is 1. The second-order valence-corrected chi connectivity index (χ2v) is 6.12. The van der Waals surface area contributed by atoms with Gasteiger partial charge in [-0.3, -0.25) is 4.79 Å². The minimum atomic E-state index is -0.664. The zero-order chi connectivity index (χ0) is 18.2. The van der Waals surface area contributed by atoms with E-state index in [0.717, 1.165) is 32.0 Å². The van der Waals surface area contributed by atoms with Crippen LogP contribution in [0.3, 0.4) is 0 Å². The predicted molar refractivity (Wildman–Crippen MR) is 99.0 cm³/mol. The van der Waals surface area contributed by atoms with Gasteiger partial charge in [-0.25, -0.2) is 0 Å². The summed E-state index contributed by atoms with van der Waals surface area (Å²) >= 11 is 0. The number of hydrogen-bond donors (Lipinski definition) is 0. The summed E-state index contributed by atoms with van der Waals surface area (Å²) in [4.78, 5) is 11.0. The summed E-state index contributed by atoms with van der Waals surface area (Å²) in [5.74, 6) is 0.943. The van der Waals surface area contributed by atoms with Crippen LogP contribution < -0.4 is 4.74 Å². The molecule has 1 aromatic heterocycles. The Hall–Kier alpha value is -2.88. The Morgan fingerprint density at radius 2 is 1.81 bits per heavy atom. The minimum Gasteiger partial charge on any atom is -0.493 e. The van der Waals surface area contributed by atoms with Gasteiger partial charge in [0, 0.05) is 11.6 Å². The van der Waals surface area contributed by atoms with E-state index in [1.807, 2.05) is 6.07 Å². The van der Waals surface area contributed by atoms with Crippen molar-refractivity contribution < 1.29 is 18.3 Å². The molecule has 3 aromatic rings. The van der Waals surface area contributed by atoms with Crippen LogP contribution >= 0.6 is 0 Å². The van der Waals surface area contributed by atoms with E-state index < -0.39 is 6.01 Å². The van der Waals surface area contributed by atoms with Crippen molar-refractivity contribution in [3.63, 3.8) is 0 Å². The summed E-state index contributed by atoms with van der Waals surface area (Å²) in [6.07, 6.45) is 4.90. The van der Waals surface area contributed by atoms with E-state index in [-0.39, 0.29) is 0 Å². The Balaban J connectivity index is 1.53. The number of benzene rings is 2. The van der Waals surface area contributed by atoms with E-state index in [9.17, 15) is 9.18 Å². The third-order valence-corrected chi connectivity index (χ3v) is 4.19. The largest absolute Gasteiger partial charge is 0.493 e. The fourth-order valence-electron chi connectivity index (χ4n) is 2.83. The summed E-state index contributed by atoms with van der Waals surface area (Å²) in [6.45, 7) is 0.561. The van der Waals surface area contributed by atoms with Gasteiger partial charge in [-0.2, -0.15) is 4.39 Å². The molecule has 0 spiro atoms. The van der Waals surface area contributed by atoms with Gasteiger partial charge in [0.25, 0.3) is 6.01 Å². The molecule has 1 heterocycles. The molecule has 134 valence electrons. The number of furan rings is 1. The number of carbonyl (C=O) groups excluding carboxylic acids is 1. The van der Waals surface area contributed by atoms with E-state index in [1.54, 1.807) is 18.2 Å². The van der Waals surface area contributed by atoms with Crippen molar-refractivity contribution in [2.75, 3.05) is 6.61 Å². The molecule has 0 N–H and O–H groups in total. The lowest BCUT2D eigenvalue weighted by Crippen LogP contribution is -2.00. The van der Waals surface area contributed by atoms with E-state index in [4.69, 9.17) is 9.15 Å². The lowest BCUT2D eigenvalue weighted by Gasteiger charge is -2.11. The highest BCUT2D eigenvalue weighted by molar-refractivity contribution is 5.80. The van der Waals surface area contributed by atoms with Gasteiger partial charge in [-0.05, 0) is 55.5 Å². The normalized spacial score (nSPS) is 10.7. The van der Waals surface area contributed by atoms with Crippen LogP contribution in [0.4, 0.5) is 4.39 Å². The molecule has 0 atom stereocenters. The second kappa shape index (κ2) is 8.99. The maximum atomic E-state index is 13.2. The van der Waals surface area contributed by atoms with Crippen LogP contribution in [0.2, 0.25) is 0 Å². The summed E-state index contributed by atoms with van der Waals surface area (Å²) in [7, 11) is 0. The Bertz CT molecular complexity index is 840. The van der Waals surface area contributed by atoms with Crippen LogP contribution in [-0.2, 0) is 6.42 Å². The van der Waals surface area contributed by atoms with Crippen LogP contribution in [-0.4, -0.2) is 12.9 Å². The first-order valence-corrected chi connectivity index (χ1v) is 8.78. The standard InChI is InChI=1S/C22H21FO3/c23-22-13-12-21(26-22)19-15-18(16-24)10-11-20(19)25-14-6-2-5-9-17-7-3-1-4-8-17/h1,3-4,7-8,10-13,15-16H,2,5-6,9,14H2. The average Bonchev–Trinajstić information content (AvgIpc) is 3.11. The van der Waals surface area contributed by atoms with Crippen LogP contribution in [0.15, 0.2) is 65.1 Å². The Labute approximate surface area is 152 Å². The molecule has 0 saturated heterocycles. The zero-order valence-electron chi connectivity index (χ0n) is 14.5. The Morgan fingerprint density at radius 3 is 2.54 bits per heavy atom. The van der Waals surface area contributed by atoms with Crippen LogP contribution in [0.5, 0.6) is 5.75 Å².